The average molecular weight is 385 g/mol. The van der Waals surface area contributed by atoms with Crippen LogP contribution in [0.2, 0.25) is 5.02 Å². The van der Waals surface area contributed by atoms with Gasteiger partial charge in [0.2, 0.25) is 0 Å². The summed E-state index contributed by atoms with van der Waals surface area (Å²) in [4.78, 5) is 12.1. The highest BCUT2D eigenvalue weighted by atomic mass is 35.5. The zero-order chi connectivity index (χ0) is 18.4. The second-order valence-electron chi connectivity index (χ2n) is 5.36. The first kappa shape index (κ1) is 19.2. The van der Waals surface area contributed by atoms with Crippen molar-refractivity contribution in [2.75, 3.05) is 11.3 Å². The zero-order valence-corrected chi connectivity index (χ0v) is 15.1. The lowest BCUT2D eigenvalue weighted by molar-refractivity contribution is 0.0953. The van der Waals surface area contributed by atoms with Gasteiger partial charge in [-0.25, -0.2) is 12.8 Å². The fraction of sp³-hybridized carbons (Fsp3) is 0.235. The molecule has 0 saturated heterocycles. The summed E-state index contributed by atoms with van der Waals surface area (Å²) in [5.41, 5.74) is 0.296. The topological polar surface area (TPSA) is 75.3 Å². The Bertz CT molecular complexity index is 855. The summed E-state index contributed by atoms with van der Waals surface area (Å²) in [6.07, 6.45) is 1.73. The van der Waals surface area contributed by atoms with Gasteiger partial charge >= 0.3 is 0 Å². The molecule has 2 rings (SSSR count). The molecule has 134 valence electrons. The van der Waals surface area contributed by atoms with Crippen molar-refractivity contribution >= 4 is 33.2 Å². The maximum atomic E-state index is 12.9. The Morgan fingerprint density at radius 3 is 2.48 bits per heavy atom. The second-order valence-corrected chi connectivity index (χ2v) is 7.45. The van der Waals surface area contributed by atoms with Crippen LogP contribution in [0.3, 0.4) is 0 Å². The van der Waals surface area contributed by atoms with Gasteiger partial charge in [-0.3, -0.25) is 9.52 Å². The van der Waals surface area contributed by atoms with Crippen molar-refractivity contribution in [3.8, 4) is 0 Å². The average Bonchev–Trinajstić information content (AvgIpc) is 2.57. The number of hydrogen-bond acceptors (Lipinski definition) is 3. The third-order valence-electron chi connectivity index (χ3n) is 3.41. The number of rotatable bonds is 7. The molecule has 5 nitrogen and oxygen atoms in total. The number of nitrogens with one attached hydrogen (secondary N) is 2. The third kappa shape index (κ3) is 5.17. The van der Waals surface area contributed by atoms with Crippen LogP contribution in [0.4, 0.5) is 10.1 Å². The minimum absolute atomic E-state index is 0.0831. The normalized spacial score (nSPS) is 11.2. The second kappa shape index (κ2) is 8.31. The van der Waals surface area contributed by atoms with Crippen LogP contribution in [0.1, 0.15) is 30.1 Å². The Balaban J connectivity index is 2.24. The van der Waals surface area contributed by atoms with E-state index >= 15 is 0 Å². The predicted molar refractivity (Wildman–Crippen MR) is 95.9 cm³/mol. The van der Waals surface area contributed by atoms with E-state index in [0.717, 1.165) is 25.0 Å². The van der Waals surface area contributed by atoms with Gasteiger partial charge in [0.05, 0.1) is 15.5 Å². The maximum Gasteiger partial charge on any atom is 0.261 e. The lowest BCUT2D eigenvalue weighted by Gasteiger charge is -2.11. The Labute approximate surface area is 151 Å². The van der Waals surface area contributed by atoms with Crippen LogP contribution < -0.4 is 10.0 Å². The molecule has 0 aliphatic heterocycles. The van der Waals surface area contributed by atoms with Crippen molar-refractivity contribution in [2.24, 2.45) is 0 Å². The number of anilines is 1. The van der Waals surface area contributed by atoms with Gasteiger partial charge in [0.25, 0.3) is 15.9 Å². The summed E-state index contributed by atoms with van der Waals surface area (Å²) in [6.45, 7) is 2.48. The lowest BCUT2D eigenvalue weighted by atomic mass is 10.2. The molecule has 0 aromatic heterocycles. The van der Waals surface area contributed by atoms with Crippen molar-refractivity contribution in [2.45, 2.75) is 24.7 Å². The summed E-state index contributed by atoms with van der Waals surface area (Å²) in [6, 6.07) is 8.78. The minimum Gasteiger partial charge on any atom is -0.352 e. The molecule has 0 spiro atoms. The van der Waals surface area contributed by atoms with Crippen LogP contribution in [0, 0.1) is 5.82 Å². The molecule has 8 heteroatoms. The minimum atomic E-state index is -3.94. The van der Waals surface area contributed by atoms with E-state index in [1.807, 2.05) is 6.92 Å². The number of sulfonamides is 1. The molecule has 0 unspecified atom stereocenters. The SMILES string of the molecule is CCCCNC(=O)c1cc(S(=O)(=O)Nc2ccc(F)cc2)ccc1Cl. The zero-order valence-electron chi connectivity index (χ0n) is 13.6. The highest BCUT2D eigenvalue weighted by Gasteiger charge is 2.19. The fourth-order valence-electron chi connectivity index (χ4n) is 2.05. The molecular weight excluding hydrogens is 367 g/mol. The van der Waals surface area contributed by atoms with Crippen LogP contribution in [-0.4, -0.2) is 20.9 Å². The molecule has 0 fully saturated rings. The van der Waals surface area contributed by atoms with Crippen molar-refractivity contribution in [1.29, 1.82) is 0 Å². The highest BCUT2D eigenvalue weighted by molar-refractivity contribution is 7.92. The molecule has 0 aliphatic carbocycles. The van der Waals surface area contributed by atoms with Gasteiger partial charge in [0, 0.05) is 12.2 Å². The smallest absolute Gasteiger partial charge is 0.261 e. The molecule has 25 heavy (non-hydrogen) atoms. The van der Waals surface area contributed by atoms with Crippen molar-refractivity contribution in [3.63, 3.8) is 0 Å². The van der Waals surface area contributed by atoms with Gasteiger partial charge in [0.1, 0.15) is 5.82 Å². The first-order valence-corrected chi connectivity index (χ1v) is 9.55. The quantitative estimate of drug-likeness (QED) is 0.713. The van der Waals surface area contributed by atoms with Gasteiger partial charge in [-0.2, -0.15) is 0 Å². The summed E-state index contributed by atoms with van der Waals surface area (Å²) in [5, 5.41) is 2.86. The van der Waals surface area contributed by atoms with Crippen LogP contribution >= 0.6 is 11.6 Å². The molecule has 0 aliphatic rings. The maximum absolute atomic E-state index is 12.9. The summed E-state index contributed by atoms with van der Waals surface area (Å²) < 4.78 is 40.2. The van der Waals surface area contributed by atoms with Crippen molar-refractivity contribution in [3.05, 3.63) is 58.9 Å². The molecule has 2 aromatic carbocycles. The van der Waals surface area contributed by atoms with E-state index in [2.05, 4.69) is 10.0 Å². The van der Waals surface area contributed by atoms with E-state index in [0.29, 0.717) is 6.54 Å². The number of carbonyl (C=O) groups is 1. The molecule has 2 aromatic rings. The number of benzene rings is 2. The third-order valence-corrected chi connectivity index (χ3v) is 5.11. The Hall–Kier alpha value is -2.12. The number of amides is 1. The Kier molecular flexibility index (Phi) is 6.39. The van der Waals surface area contributed by atoms with Gasteiger partial charge in [-0.05, 0) is 48.9 Å². The van der Waals surface area contributed by atoms with Gasteiger partial charge in [0.15, 0.2) is 0 Å². The Morgan fingerprint density at radius 1 is 1.16 bits per heavy atom. The van der Waals surface area contributed by atoms with E-state index in [1.165, 1.54) is 30.3 Å². The number of halogens is 2. The van der Waals surface area contributed by atoms with E-state index in [-0.39, 0.29) is 21.2 Å². The van der Waals surface area contributed by atoms with E-state index in [1.54, 1.807) is 0 Å². The molecular formula is C17H18ClFN2O3S. The standard InChI is InChI=1S/C17H18ClFN2O3S/c1-2-3-10-20-17(22)15-11-14(8-9-16(15)18)25(23,24)21-13-6-4-12(19)5-7-13/h4-9,11,21H,2-3,10H2,1H3,(H,20,22). The molecule has 0 heterocycles. The molecule has 0 radical (unpaired) electrons. The summed E-state index contributed by atoms with van der Waals surface area (Å²) >= 11 is 6.01. The van der Waals surface area contributed by atoms with Crippen LogP contribution in [0.5, 0.6) is 0 Å². The number of hydrogen-bond donors (Lipinski definition) is 2. The monoisotopic (exact) mass is 384 g/mol. The van der Waals surface area contributed by atoms with Crippen LogP contribution in [-0.2, 0) is 10.0 Å². The first-order chi connectivity index (χ1) is 11.8. The molecule has 2 N–H and O–H groups in total. The number of carbonyl (C=O) groups excluding carboxylic acids is 1. The van der Waals surface area contributed by atoms with Crippen LogP contribution in [0.25, 0.3) is 0 Å². The van der Waals surface area contributed by atoms with E-state index < -0.39 is 21.7 Å². The predicted octanol–water partition coefficient (Wildman–Crippen LogP) is 3.81. The number of unbranched alkanes of at least 4 members (excludes halogenated alkanes) is 1. The largest absolute Gasteiger partial charge is 0.352 e. The Morgan fingerprint density at radius 2 is 1.84 bits per heavy atom. The molecule has 1 amide bonds. The van der Waals surface area contributed by atoms with Gasteiger partial charge < -0.3 is 5.32 Å². The highest BCUT2D eigenvalue weighted by Crippen LogP contribution is 2.22. The van der Waals surface area contributed by atoms with Crippen molar-refractivity contribution in [1.82, 2.24) is 5.32 Å². The van der Waals surface area contributed by atoms with E-state index in [9.17, 15) is 17.6 Å². The first-order valence-electron chi connectivity index (χ1n) is 7.69. The molecule has 0 saturated carbocycles. The lowest BCUT2D eigenvalue weighted by Crippen LogP contribution is -2.25. The van der Waals surface area contributed by atoms with Gasteiger partial charge in [-0.1, -0.05) is 24.9 Å². The van der Waals surface area contributed by atoms with Crippen molar-refractivity contribution < 1.29 is 17.6 Å². The molecule has 0 bridgehead atoms. The van der Waals surface area contributed by atoms with Gasteiger partial charge in [-0.15, -0.1) is 0 Å². The summed E-state index contributed by atoms with van der Waals surface area (Å²) in [7, 11) is -3.94. The van der Waals surface area contributed by atoms with E-state index in [4.69, 9.17) is 11.6 Å². The molecule has 0 atom stereocenters. The summed E-state index contributed by atoms with van der Waals surface area (Å²) in [5.74, 6) is -0.905. The van der Waals surface area contributed by atoms with Crippen LogP contribution in [0.15, 0.2) is 47.4 Å². The fourth-order valence-corrected chi connectivity index (χ4v) is 3.34.